The maximum Gasteiger partial charge on any atom is 0.257 e. The van der Waals surface area contributed by atoms with Gasteiger partial charge in [-0.3, -0.25) is 10.1 Å². The Labute approximate surface area is 111 Å². The molecule has 1 N–H and O–H groups in total. The number of nitrogens with one attached hydrogen (secondary N) is 1. The first-order chi connectivity index (χ1) is 9.06. The number of imidazole rings is 1. The van der Waals surface area contributed by atoms with Crippen molar-refractivity contribution >= 4 is 11.9 Å². The third kappa shape index (κ3) is 3.40. The van der Waals surface area contributed by atoms with Crippen molar-refractivity contribution in [3.63, 3.8) is 0 Å². The minimum atomic E-state index is -0.363. The van der Waals surface area contributed by atoms with Crippen LogP contribution < -0.4 is 5.32 Å². The van der Waals surface area contributed by atoms with Gasteiger partial charge in [0.05, 0.1) is 0 Å². The van der Waals surface area contributed by atoms with Crippen LogP contribution in [0.2, 0.25) is 0 Å². The van der Waals surface area contributed by atoms with Crippen molar-refractivity contribution in [1.29, 1.82) is 0 Å². The van der Waals surface area contributed by atoms with Crippen molar-refractivity contribution in [2.75, 3.05) is 5.32 Å². The van der Waals surface area contributed by atoms with Crippen molar-refractivity contribution < 1.29 is 9.18 Å². The fourth-order valence-corrected chi connectivity index (χ4v) is 1.75. The molecule has 1 aromatic carbocycles. The molecule has 5 heteroatoms. The van der Waals surface area contributed by atoms with E-state index >= 15 is 0 Å². The number of hydrogen-bond acceptors (Lipinski definition) is 2. The number of carbonyl (C=O) groups excluding carboxylic acids is 1. The summed E-state index contributed by atoms with van der Waals surface area (Å²) in [7, 11) is 0. The van der Waals surface area contributed by atoms with Crippen LogP contribution in [0.5, 0.6) is 0 Å². The lowest BCUT2D eigenvalue weighted by atomic mass is 10.2. The molecule has 100 valence electrons. The molecular weight excluding hydrogens is 245 g/mol. The van der Waals surface area contributed by atoms with E-state index in [1.165, 1.54) is 24.3 Å². The second-order valence-corrected chi connectivity index (χ2v) is 4.76. The topological polar surface area (TPSA) is 46.9 Å². The van der Waals surface area contributed by atoms with Crippen LogP contribution >= 0.6 is 0 Å². The summed E-state index contributed by atoms with van der Waals surface area (Å²) in [4.78, 5) is 16.1. The van der Waals surface area contributed by atoms with Gasteiger partial charge in [0.2, 0.25) is 5.95 Å². The van der Waals surface area contributed by atoms with E-state index in [0.29, 0.717) is 17.4 Å². The second-order valence-electron chi connectivity index (χ2n) is 4.76. The number of halogens is 1. The molecule has 1 heterocycles. The summed E-state index contributed by atoms with van der Waals surface area (Å²) in [5.41, 5.74) is 0.403. The Kier molecular flexibility index (Phi) is 3.94. The Morgan fingerprint density at radius 2 is 2.05 bits per heavy atom. The molecule has 2 rings (SSSR count). The van der Waals surface area contributed by atoms with Gasteiger partial charge in [-0.2, -0.15) is 0 Å². The van der Waals surface area contributed by atoms with Gasteiger partial charge in [-0.1, -0.05) is 13.8 Å². The van der Waals surface area contributed by atoms with Gasteiger partial charge in [-0.25, -0.2) is 9.37 Å². The van der Waals surface area contributed by atoms with Gasteiger partial charge in [0.15, 0.2) is 0 Å². The number of aromatic nitrogens is 2. The predicted molar refractivity (Wildman–Crippen MR) is 71.4 cm³/mol. The highest BCUT2D eigenvalue weighted by Crippen LogP contribution is 2.10. The summed E-state index contributed by atoms with van der Waals surface area (Å²) in [6.07, 6.45) is 3.46. The average molecular weight is 261 g/mol. The van der Waals surface area contributed by atoms with Crippen molar-refractivity contribution in [1.82, 2.24) is 9.55 Å². The van der Waals surface area contributed by atoms with Crippen LogP contribution in [-0.4, -0.2) is 15.5 Å². The lowest BCUT2D eigenvalue weighted by Gasteiger charge is -2.10. The first-order valence-corrected chi connectivity index (χ1v) is 6.14. The molecule has 0 spiro atoms. The summed E-state index contributed by atoms with van der Waals surface area (Å²) in [6, 6.07) is 5.41. The van der Waals surface area contributed by atoms with Crippen molar-refractivity contribution in [2.45, 2.75) is 20.4 Å². The van der Waals surface area contributed by atoms with Crippen LogP contribution in [-0.2, 0) is 6.54 Å². The van der Waals surface area contributed by atoms with Crippen LogP contribution in [0.1, 0.15) is 24.2 Å². The third-order valence-corrected chi connectivity index (χ3v) is 2.61. The molecule has 0 aliphatic carbocycles. The highest BCUT2D eigenvalue weighted by Gasteiger charge is 2.10. The molecule has 0 aliphatic heterocycles. The molecule has 19 heavy (non-hydrogen) atoms. The molecule has 0 aliphatic rings. The maximum absolute atomic E-state index is 12.8. The van der Waals surface area contributed by atoms with Crippen molar-refractivity contribution in [2.24, 2.45) is 5.92 Å². The molecular formula is C14H16FN3O. The van der Waals surface area contributed by atoms with Crippen molar-refractivity contribution in [3.05, 3.63) is 48.0 Å². The Morgan fingerprint density at radius 3 is 2.68 bits per heavy atom. The van der Waals surface area contributed by atoms with Crippen LogP contribution in [0.4, 0.5) is 10.3 Å². The molecule has 0 fully saturated rings. The Morgan fingerprint density at radius 1 is 1.37 bits per heavy atom. The summed E-state index contributed by atoms with van der Waals surface area (Å²) in [5, 5.41) is 2.72. The SMILES string of the molecule is CC(C)Cn1ccnc1NC(=O)c1ccc(F)cc1. The van der Waals surface area contributed by atoms with Crippen LogP contribution in [0.25, 0.3) is 0 Å². The number of rotatable bonds is 4. The first kappa shape index (κ1) is 13.3. The first-order valence-electron chi connectivity index (χ1n) is 6.14. The lowest BCUT2D eigenvalue weighted by molar-refractivity contribution is 0.102. The van der Waals surface area contributed by atoms with E-state index in [1.807, 2.05) is 10.8 Å². The van der Waals surface area contributed by atoms with Crippen molar-refractivity contribution in [3.8, 4) is 0 Å². The minimum Gasteiger partial charge on any atom is -0.317 e. The van der Waals surface area contributed by atoms with Gasteiger partial charge < -0.3 is 4.57 Å². The number of carbonyl (C=O) groups is 1. The molecule has 1 aromatic heterocycles. The largest absolute Gasteiger partial charge is 0.317 e. The van der Waals surface area contributed by atoms with Gasteiger partial charge in [-0.05, 0) is 30.2 Å². The van der Waals surface area contributed by atoms with Gasteiger partial charge in [0.1, 0.15) is 5.82 Å². The predicted octanol–water partition coefficient (Wildman–Crippen LogP) is 2.93. The molecule has 4 nitrogen and oxygen atoms in total. The van der Waals surface area contributed by atoms with E-state index in [4.69, 9.17) is 0 Å². The van der Waals surface area contributed by atoms with Gasteiger partial charge in [0.25, 0.3) is 5.91 Å². The number of nitrogens with zero attached hydrogens (tertiary/aromatic N) is 2. The summed E-state index contributed by atoms with van der Waals surface area (Å²) in [6.45, 7) is 4.95. The Balaban J connectivity index is 2.10. The third-order valence-electron chi connectivity index (χ3n) is 2.61. The Hall–Kier alpha value is -2.17. The molecule has 0 atom stereocenters. The molecule has 0 saturated carbocycles. The molecule has 0 bridgehead atoms. The lowest BCUT2D eigenvalue weighted by Crippen LogP contribution is -2.17. The highest BCUT2D eigenvalue weighted by atomic mass is 19.1. The summed E-state index contributed by atoms with van der Waals surface area (Å²) < 4.78 is 14.7. The fraction of sp³-hybridized carbons (Fsp3) is 0.286. The maximum atomic E-state index is 12.8. The normalized spacial score (nSPS) is 10.7. The number of hydrogen-bond donors (Lipinski definition) is 1. The zero-order chi connectivity index (χ0) is 13.8. The smallest absolute Gasteiger partial charge is 0.257 e. The van der Waals surface area contributed by atoms with E-state index in [0.717, 1.165) is 6.54 Å². The number of benzene rings is 1. The highest BCUT2D eigenvalue weighted by molar-refractivity contribution is 6.03. The molecule has 1 amide bonds. The molecule has 0 unspecified atom stereocenters. The zero-order valence-electron chi connectivity index (χ0n) is 10.9. The molecule has 0 radical (unpaired) electrons. The standard InChI is InChI=1S/C14H16FN3O/c1-10(2)9-18-8-7-16-14(18)17-13(19)11-3-5-12(15)6-4-11/h3-8,10H,9H2,1-2H3,(H,16,17,19). The van der Waals surface area contributed by atoms with Crippen LogP contribution in [0.15, 0.2) is 36.7 Å². The van der Waals surface area contributed by atoms with Crippen LogP contribution in [0.3, 0.4) is 0 Å². The molecule has 0 saturated heterocycles. The van der Waals surface area contributed by atoms with E-state index in [2.05, 4.69) is 24.1 Å². The second kappa shape index (κ2) is 5.65. The van der Waals surface area contributed by atoms with Gasteiger partial charge >= 0.3 is 0 Å². The van der Waals surface area contributed by atoms with Gasteiger partial charge in [0, 0.05) is 24.5 Å². The quantitative estimate of drug-likeness (QED) is 0.919. The zero-order valence-corrected chi connectivity index (χ0v) is 10.9. The van der Waals surface area contributed by atoms with Gasteiger partial charge in [-0.15, -0.1) is 0 Å². The van der Waals surface area contributed by atoms with E-state index in [1.54, 1.807) is 6.20 Å². The summed E-state index contributed by atoms with van der Waals surface area (Å²) >= 11 is 0. The number of amides is 1. The monoisotopic (exact) mass is 261 g/mol. The molecule has 2 aromatic rings. The fourth-order valence-electron chi connectivity index (χ4n) is 1.75. The van der Waals surface area contributed by atoms with E-state index < -0.39 is 0 Å². The Bertz CT molecular complexity index is 560. The minimum absolute atomic E-state index is 0.295. The average Bonchev–Trinajstić information content (AvgIpc) is 2.76. The summed E-state index contributed by atoms with van der Waals surface area (Å²) in [5.74, 6) is 0.299. The number of anilines is 1. The van der Waals surface area contributed by atoms with E-state index in [-0.39, 0.29) is 11.7 Å². The van der Waals surface area contributed by atoms with E-state index in [9.17, 15) is 9.18 Å². The van der Waals surface area contributed by atoms with Crippen LogP contribution in [0, 0.1) is 11.7 Å².